The van der Waals surface area contributed by atoms with Crippen molar-refractivity contribution in [2.75, 3.05) is 11.9 Å². The lowest BCUT2D eigenvalue weighted by Crippen LogP contribution is -2.36. The Balaban J connectivity index is 1.35. The fourth-order valence-electron chi connectivity index (χ4n) is 4.46. The number of H-pyrrole nitrogens is 1. The van der Waals surface area contributed by atoms with Gasteiger partial charge in [-0.15, -0.1) is 0 Å². The van der Waals surface area contributed by atoms with Crippen LogP contribution in [0.4, 0.5) is 5.82 Å². The normalized spacial score (nSPS) is 13.6. The first-order valence-electron chi connectivity index (χ1n) is 11.6. The maximum absolute atomic E-state index is 13.4. The van der Waals surface area contributed by atoms with Crippen molar-refractivity contribution in [1.82, 2.24) is 15.1 Å². The van der Waals surface area contributed by atoms with Crippen LogP contribution in [0.25, 0.3) is 10.8 Å². The van der Waals surface area contributed by atoms with E-state index in [2.05, 4.69) is 36.3 Å². The van der Waals surface area contributed by atoms with E-state index in [0.717, 1.165) is 22.0 Å². The summed E-state index contributed by atoms with van der Waals surface area (Å²) < 4.78 is 0. The van der Waals surface area contributed by atoms with Crippen LogP contribution in [0.15, 0.2) is 66.7 Å². The van der Waals surface area contributed by atoms with Crippen molar-refractivity contribution in [1.29, 1.82) is 0 Å². The van der Waals surface area contributed by atoms with E-state index in [9.17, 15) is 9.59 Å². The number of rotatable bonds is 3. The summed E-state index contributed by atoms with van der Waals surface area (Å²) in [5, 5.41) is 12.3. The summed E-state index contributed by atoms with van der Waals surface area (Å²) in [6, 6.07) is 21.4. The molecule has 1 aromatic heterocycles. The minimum Gasteiger partial charge on any atom is -0.334 e. The van der Waals surface area contributed by atoms with E-state index < -0.39 is 0 Å². The van der Waals surface area contributed by atoms with E-state index in [1.54, 1.807) is 0 Å². The largest absolute Gasteiger partial charge is 0.334 e. The highest BCUT2D eigenvalue weighted by Crippen LogP contribution is 2.28. The van der Waals surface area contributed by atoms with Crippen molar-refractivity contribution in [2.24, 2.45) is 0 Å². The van der Waals surface area contributed by atoms with Crippen LogP contribution < -0.4 is 5.32 Å². The molecule has 0 bridgehead atoms. The number of fused-ring (bicyclic) bond motifs is 2. The first-order valence-corrected chi connectivity index (χ1v) is 11.6. The molecule has 0 atom stereocenters. The van der Waals surface area contributed by atoms with E-state index >= 15 is 0 Å². The highest BCUT2D eigenvalue weighted by atomic mass is 16.2. The molecule has 1 aliphatic rings. The van der Waals surface area contributed by atoms with E-state index in [4.69, 9.17) is 0 Å². The number of hydrogen-bond donors (Lipinski definition) is 2. The van der Waals surface area contributed by atoms with Crippen molar-refractivity contribution in [3.05, 3.63) is 94.7 Å². The summed E-state index contributed by atoms with van der Waals surface area (Å²) >= 11 is 0. The van der Waals surface area contributed by atoms with Gasteiger partial charge in [0.05, 0.1) is 6.54 Å². The molecule has 2 N–H and O–H groups in total. The highest BCUT2D eigenvalue weighted by molar-refractivity contribution is 6.07. The average Bonchev–Trinajstić information content (AvgIpc) is 3.24. The molecular weight excluding hydrogens is 424 g/mol. The standard InChI is InChI=1S/C28H28N4O2/c1-28(2,3)20-13-11-19(12-14-20)26(33)29-25-23-17-32(16-15-24(23)30-31-25)27(34)22-10-6-8-18-7-4-5-9-21(18)22/h4-14H,15-17H2,1-3H3,(H2,29,30,31,33). The number of anilines is 1. The number of carbonyl (C=O) groups excluding carboxylic acids is 2. The predicted molar refractivity (Wildman–Crippen MR) is 134 cm³/mol. The van der Waals surface area contributed by atoms with E-state index in [-0.39, 0.29) is 17.2 Å². The average molecular weight is 453 g/mol. The number of amides is 2. The van der Waals surface area contributed by atoms with Gasteiger partial charge >= 0.3 is 0 Å². The van der Waals surface area contributed by atoms with Crippen LogP contribution in [0.3, 0.4) is 0 Å². The summed E-state index contributed by atoms with van der Waals surface area (Å²) in [4.78, 5) is 28.1. The molecule has 0 aliphatic carbocycles. The van der Waals surface area contributed by atoms with Crippen LogP contribution in [0.1, 0.15) is 58.3 Å². The third kappa shape index (κ3) is 4.07. The maximum atomic E-state index is 13.4. The first kappa shape index (κ1) is 21.9. The Morgan fingerprint density at radius 2 is 1.71 bits per heavy atom. The molecule has 0 fully saturated rings. The van der Waals surface area contributed by atoms with Gasteiger partial charge < -0.3 is 10.2 Å². The number of nitrogens with one attached hydrogen (secondary N) is 2. The Hall–Kier alpha value is -3.93. The predicted octanol–water partition coefficient (Wildman–Crippen LogP) is 5.31. The number of nitrogens with zero attached hydrogens (tertiary/aromatic N) is 2. The summed E-state index contributed by atoms with van der Waals surface area (Å²) in [5.41, 5.74) is 4.28. The molecule has 3 aromatic carbocycles. The third-order valence-electron chi connectivity index (χ3n) is 6.49. The number of aromatic amines is 1. The Bertz CT molecular complexity index is 1370. The molecule has 0 spiro atoms. The van der Waals surface area contributed by atoms with Crippen LogP contribution in [-0.2, 0) is 18.4 Å². The van der Waals surface area contributed by atoms with Gasteiger partial charge in [-0.05, 0) is 39.9 Å². The van der Waals surface area contributed by atoms with Crippen molar-refractivity contribution in [3.8, 4) is 0 Å². The second kappa shape index (κ2) is 8.45. The number of aromatic nitrogens is 2. The fourth-order valence-corrected chi connectivity index (χ4v) is 4.46. The molecule has 5 rings (SSSR count). The molecule has 2 amide bonds. The zero-order chi connectivity index (χ0) is 23.9. The van der Waals surface area contributed by atoms with Gasteiger partial charge in [-0.2, -0.15) is 5.10 Å². The lowest BCUT2D eigenvalue weighted by molar-refractivity contribution is 0.0736. The van der Waals surface area contributed by atoms with Crippen LogP contribution in [0.2, 0.25) is 0 Å². The van der Waals surface area contributed by atoms with Crippen LogP contribution >= 0.6 is 0 Å². The van der Waals surface area contributed by atoms with Crippen molar-refractivity contribution < 1.29 is 9.59 Å². The summed E-state index contributed by atoms with van der Waals surface area (Å²) in [6.07, 6.45) is 0.662. The van der Waals surface area contributed by atoms with Gasteiger partial charge in [0.1, 0.15) is 0 Å². The van der Waals surface area contributed by atoms with Gasteiger partial charge in [-0.1, -0.05) is 69.3 Å². The van der Waals surface area contributed by atoms with Gasteiger partial charge in [-0.3, -0.25) is 14.7 Å². The molecule has 0 unspecified atom stereocenters. The molecule has 0 saturated heterocycles. The van der Waals surface area contributed by atoms with Gasteiger partial charge in [-0.25, -0.2) is 0 Å². The highest BCUT2D eigenvalue weighted by Gasteiger charge is 2.27. The van der Waals surface area contributed by atoms with Crippen molar-refractivity contribution in [3.63, 3.8) is 0 Å². The zero-order valence-electron chi connectivity index (χ0n) is 19.7. The molecule has 2 heterocycles. The smallest absolute Gasteiger partial charge is 0.256 e. The van der Waals surface area contributed by atoms with Crippen LogP contribution in [0, 0.1) is 0 Å². The summed E-state index contributed by atoms with van der Waals surface area (Å²) in [7, 11) is 0. The van der Waals surface area contributed by atoms with Gasteiger partial charge in [0.25, 0.3) is 11.8 Å². The summed E-state index contributed by atoms with van der Waals surface area (Å²) in [5.74, 6) is 0.251. The molecule has 0 saturated carbocycles. The molecule has 6 nitrogen and oxygen atoms in total. The van der Waals surface area contributed by atoms with E-state index in [1.807, 2.05) is 71.6 Å². The number of benzene rings is 3. The van der Waals surface area contributed by atoms with Gasteiger partial charge in [0.15, 0.2) is 5.82 Å². The van der Waals surface area contributed by atoms with Crippen LogP contribution in [0.5, 0.6) is 0 Å². The number of hydrogen-bond acceptors (Lipinski definition) is 3. The summed E-state index contributed by atoms with van der Waals surface area (Å²) in [6.45, 7) is 7.42. The Morgan fingerprint density at radius 3 is 2.47 bits per heavy atom. The SMILES string of the molecule is CC(C)(C)c1ccc(C(=O)Nc2n[nH]c3c2CN(C(=O)c2cccc4ccccc24)CC3)cc1. The van der Waals surface area contributed by atoms with Gasteiger partial charge in [0, 0.05) is 35.3 Å². The minimum absolute atomic E-state index is 0.0151. The molecule has 172 valence electrons. The second-order valence-corrected chi connectivity index (χ2v) is 9.81. The van der Waals surface area contributed by atoms with E-state index in [0.29, 0.717) is 36.5 Å². The molecule has 34 heavy (non-hydrogen) atoms. The van der Waals surface area contributed by atoms with Crippen LogP contribution in [-0.4, -0.2) is 33.5 Å². The topological polar surface area (TPSA) is 78.1 Å². The Kier molecular flexibility index (Phi) is 5.44. The minimum atomic E-state index is -0.215. The quantitative estimate of drug-likeness (QED) is 0.442. The Morgan fingerprint density at radius 1 is 0.971 bits per heavy atom. The second-order valence-electron chi connectivity index (χ2n) is 9.81. The lowest BCUT2D eigenvalue weighted by atomic mass is 9.87. The monoisotopic (exact) mass is 452 g/mol. The van der Waals surface area contributed by atoms with Gasteiger partial charge in [0.2, 0.25) is 0 Å². The lowest BCUT2D eigenvalue weighted by Gasteiger charge is -2.27. The molecule has 0 radical (unpaired) electrons. The number of carbonyl (C=O) groups is 2. The Labute approximate surface area is 199 Å². The molecule has 6 heteroatoms. The third-order valence-corrected chi connectivity index (χ3v) is 6.49. The first-order chi connectivity index (χ1) is 16.3. The molecule has 4 aromatic rings. The van der Waals surface area contributed by atoms with Crippen molar-refractivity contribution in [2.45, 2.75) is 39.2 Å². The molecule has 1 aliphatic heterocycles. The fraction of sp³-hybridized carbons (Fsp3) is 0.250. The van der Waals surface area contributed by atoms with Crippen molar-refractivity contribution >= 4 is 28.4 Å². The molecular formula is C28H28N4O2. The zero-order valence-corrected chi connectivity index (χ0v) is 19.7. The van der Waals surface area contributed by atoms with E-state index in [1.165, 1.54) is 5.56 Å². The maximum Gasteiger partial charge on any atom is 0.256 e.